The van der Waals surface area contributed by atoms with Crippen LogP contribution < -0.4 is 11.1 Å². The lowest BCUT2D eigenvalue weighted by Gasteiger charge is -2.43. The highest BCUT2D eigenvalue weighted by Crippen LogP contribution is 2.17. The predicted molar refractivity (Wildman–Crippen MR) is 83.8 cm³/mol. The topological polar surface area (TPSA) is 64.8 Å². The summed E-state index contributed by atoms with van der Waals surface area (Å²) in [5, 5.41) is 2.83. The summed E-state index contributed by atoms with van der Waals surface area (Å²) in [7, 11) is 0. The maximum atomic E-state index is 11.5. The number of hydrogen-bond acceptors (Lipinski definition) is 4. The SMILES string of the molecule is CC(C)(C(N)=S)N1CCN(CCN2CCNC2=O)CC1. The molecule has 2 rings (SSSR count). The predicted octanol–water partition coefficient (Wildman–Crippen LogP) is -0.306. The minimum Gasteiger partial charge on any atom is -0.392 e. The van der Waals surface area contributed by atoms with Crippen molar-refractivity contribution in [3.05, 3.63) is 0 Å². The molecule has 0 radical (unpaired) electrons. The first-order valence-corrected chi connectivity index (χ1v) is 7.62. The molecule has 0 unspecified atom stereocenters. The molecule has 20 heavy (non-hydrogen) atoms. The van der Waals surface area contributed by atoms with E-state index in [4.69, 9.17) is 18.0 Å². The quantitative estimate of drug-likeness (QED) is 0.682. The number of nitrogens with zero attached hydrogens (tertiary/aromatic N) is 3. The van der Waals surface area contributed by atoms with Gasteiger partial charge in [-0.25, -0.2) is 4.79 Å². The van der Waals surface area contributed by atoms with E-state index in [2.05, 4.69) is 29.0 Å². The Morgan fingerprint density at radius 1 is 1.25 bits per heavy atom. The van der Waals surface area contributed by atoms with Crippen LogP contribution >= 0.6 is 12.2 Å². The van der Waals surface area contributed by atoms with E-state index in [1.54, 1.807) is 0 Å². The van der Waals surface area contributed by atoms with Gasteiger partial charge < -0.3 is 16.0 Å². The van der Waals surface area contributed by atoms with Crippen molar-refractivity contribution in [2.24, 2.45) is 5.73 Å². The van der Waals surface area contributed by atoms with Gasteiger partial charge in [0.05, 0.1) is 10.5 Å². The van der Waals surface area contributed by atoms with E-state index >= 15 is 0 Å². The van der Waals surface area contributed by atoms with E-state index in [1.165, 1.54) is 0 Å². The van der Waals surface area contributed by atoms with Crippen molar-refractivity contribution in [3.63, 3.8) is 0 Å². The molecule has 0 aromatic heterocycles. The summed E-state index contributed by atoms with van der Waals surface area (Å²) in [4.78, 5) is 18.6. The molecule has 0 aromatic carbocycles. The van der Waals surface area contributed by atoms with E-state index < -0.39 is 0 Å². The first kappa shape index (κ1) is 15.5. The summed E-state index contributed by atoms with van der Waals surface area (Å²) in [6.45, 7) is 11.5. The van der Waals surface area contributed by atoms with Crippen LogP contribution in [0.1, 0.15) is 13.8 Å². The van der Waals surface area contributed by atoms with Crippen molar-refractivity contribution >= 4 is 23.2 Å². The molecule has 0 spiro atoms. The number of amides is 2. The second-order valence-electron chi connectivity index (χ2n) is 5.97. The first-order chi connectivity index (χ1) is 9.41. The summed E-state index contributed by atoms with van der Waals surface area (Å²) in [6, 6.07) is 0.0678. The van der Waals surface area contributed by atoms with Crippen LogP contribution in [-0.2, 0) is 0 Å². The van der Waals surface area contributed by atoms with Gasteiger partial charge in [0.2, 0.25) is 0 Å². The molecule has 2 fully saturated rings. The molecule has 0 atom stereocenters. The fraction of sp³-hybridized carbons (Fsp3) is 0.846. The lowest BCUT2D eigenvalue weighted by Crippen LogP contribution is -2.59. The highest BCUT2D eigenvalue weighted by atomic mass is 32.1. The summed E-state index contributed by atoms with van der Waals surface area (Å²) >= 11 is 5.15. The fourth-order valence-corrected chi connectivity index (χ4v) is 2.80. The van der Waals surface area contributed by atoms with Gasteiger partial charge in [0.15, 0.2) is 0 Å². The Bertz CT molecular complexity index is 379. The summed E-state index contributed by atoms with van der Waals surface area (Å²) in [6.07, 6.45) is 0. The summed E-state index contributed by atoms with van der Waals surface area (Å²) < 4.78 is 0. The minimum absolute atomic E-state index is 0.0678. The number of hydrogen-bond donors (Lipinski definition) is 2. The Balaban J connectivity index is 1.74. The van der Waals surface area contributed by atoms with Crippen LogP contribution in [0.15, 0.2) is 0 Å². The number of urea groups is 1. The Morgan fingerprint density at radius 2 is 1.90 bits per heavy atom. The van der Waals surface area contributed by atoms with Crippen molar-refractivity contribution < 1.29 is 4.79 Å². The number of carbonyl (C=O) groups excluding carboxylic acids is 1. The Labute approximate surface area is 126 Å². The number of nitrogens with two attached hydrogens (primary N) is 1. The molecule has 2 saturated heterocycles. The van der Waals surface area contributed by atoms with Crippen molar-refractivity contribution in [2.45, 2.75) is 19.4 Å². The largest absolute Gasteiger partial charge is 0.392 e. The van der Waals surface area contributed by atoms with Crippen LogP contribution in [0.3, 0.4) is 0 Å². The van der Waals surface area contributed by atoms with Gasteiger partial charge in [0.1, 0.15) is 0 Å². The van der Waals surface area contributed by atoms with Crippen LogP contribution in [0, 0.1) is 0 Å². The zero-order chi connectivity index (χ0) is 14.8. The molecule has 2 aliphatic rings. The molecule has 114 valence electrons. The third kappa shape index (κ3) is 3.39. The highest BCUT2D eigenvalue weighted by Gasteiger charge is 2.32. The average Bonchev–Trinajstić information content (AvgIpc) is 2.82. The minimum atomic E-state index is -0.212. The Kier molecular flexibility index (Phi) is 4.82. The molecule has 2 heterocycles. The maximum absolute atomic E-state index is 11.5. The average molecular weight is 299 g/mol. The molecule has 6 nitrogen and oxygen atoms in total. The molecule has 0 aromatic rings. The van der Waals surface area contributed by atoms with E-state index in [-0.39, 0.29) is 11.6 Å². The zero-order valence-corrected chi connectivity index (χ0v) is 13.2. The molecule has 0 bridgehead atoms. The van der Waals surface area contributed by atoms with Crippen LogP contribution in [0.25, 0.3) is 0 Å². The van der Waals surface area contributed by atoms with Crippen molar-refractivity contribution in [3.8, 4) is 0 Å². The van der Waals surface area contributed by atoms with Gasteiger partial charge in [-0.05, 0) is 13.8 Å². The number of piperazine rings is 1. The Hall–Kier alpha value is -0.920. The normalized spacial score (nSPS) is 22.1. The van der Waals surface area contributed by atoms with Gasteiger partial charge >= 0.3 is 6.03 Å². The molecule has 0 saturated carbocycles. The first-order valence-electron chi connectivity index (χ1n) is 7.21. The number of thiocarbonyl (C=S) groups is 1. The number of rotatable bonds is 5. The highest BCUT2D eigenvalue weighted by molar-refractivity contribution is 7.80. The summed E-state index contributed by atoms with van der Waals surface area (Å²) in [5.41, 5.74) is 5.61. The van der Waals surface area contributed by atoms with Gasteiger partial charge in [-0.2, -0.15) is 0 Å². The fourth-order valence-electron chi connectivity index (χ4n) is 2.67. The van der Waals surface area contributed by atoms with E-state index in [1.807, 2.05) is 4.90 Å². The number of nitrogens with one attached hydrogen (secondary N) is 1. The second kappa shape index (κ2) is 6.24. The second-order valence-corrected chi connectivity index (χ2v) is 6.41. The van der Waals surface area contributed by atoms with Gasteiger partial charge in [-0.1, -0.05) is 12.2 Å². The molecular weight excluding hydrogens is 274 g/mol. The van der Waals surface area contributed by atoms with Crippen LogP contribution in [-0.4, -0.2) is 83.6 Å². The van der Waals surface area contributed by atoms with E-state index in [0.29, 0.717) is 4.99 Å². The number of carbonyl (C=O) groups is 1. The van der Waals surface area contributed by atoms with Crippen molar-refractivity contribution in [1.82, 2.24) is 20.0 Å². The molecule has 2 aliphatic heterocycles. The molecule has 0 aliphatic carbocycles. The van der Waals surface area contributed by atoms with Crippen LogP contribution in [0.2, 0.25) is 0 Å². The van der Waals surface area contributed by atoms with Crippen molar-refractivity contribution in [1.29, 1.82) is 0 Å². The monoisotopic (exact) mass is 299 g/mol. The van der Waals surface area contributed by atoms with Gasteiger partial charge in [-0.3, -0.25) is 9.80 Å². The lowest BCUT2D eigenvalue weighted by molar-refractivity contribution is 0.0823. The van der Waals surface area contributed by atoms with E-state index in [9.17, 15) is 4.79 Å². The van der Waals surface area contributed by atoms with Gasteiger partial charge in [0.25, 0.3) is 0 Å². The zero-order valence-electron chi connectivity index (χ0n) is 12.4. The van der Waals surface area contributed by atoms with Crippen LogP contribution in [0.4, 0.5) is 4.79 Å². The van der Waals surface area contributed by atoms with E-state index in [0.717, 1.165) is 52.4 Å². The van der Waals surface area contributed by atoms with Crippen LogP contribution in [0.5, 0.6) is 0 Å². The molecular formula is C13H25N5OS. The molecule has 3 N–H and O–H groups in total. The third-order valence-corrected chi connectivity index (χ3v) is 4.90. The van der Waals surface area contributed by atoms with Gasteiger partial charge in [0, 0.05) is 52.4 Å². The standard InChI is InChI=1S/C13H25N5OS/c1-13(2,11(14)20)18-9-6-16(7-10-18)5-8-17-4-3-15-12(17)19/h3-10H2,1-2H3,(H2,14,20)(H,15,19). The smallest absolute Gasteiger partial charge is 0.317 e. The maximum Gasteiger partial charge on any atom is 0.317 e. The third-order valence-electron chi connectivity index (χ3n) is 4.40. The Morgan fingerprint density at radius 3 is 2.40 bits per heavy atom. The lowest BCUT2D eigenvalue weighted by atomic mass is 10.0. The molecule has 7 heteroatoms. The summed E-state index contributed by atoms with van der Waals surface area (Å²) in [5.74, 6) is 0. The molecule has 2 amide bonds. The van der Waals surface area contributed by atoms with Crippen molar-refractivity contribution in [2.75, 3.05) is 52.4 Å². The van der Waals surface area contributed by atoms with Gasteiger partial charge in [-0.15, -0.1) is 0 Å².